The minimum absolute atomic E-state index is 0. The normalized spacial score (nSPS) is 8.42. The van der Waals surface area contributed by atoms with Gasteiger partial charge in [0, 0.05) is 46.7 Å². The number of hydrogen-bond acceptors (Lipinski definition) is 1. The summed E-state index contributed by atoms with van der Waals surface area (Å²) in [5.41, 5.74) is 16.5. The Morgan fingerprint density at radius 1 is 0.789 bits per heavy atom. The van der Waals surface area contributed by atoms with E-state index >= 15 is 0 Å². The average molecular weight is 385 g/mol. The predicted octanol–water partition coefficient (Wildman–Crippen LogP) is 2.64. The van der Waals surface area contributed by atoms with Crippen LogP contribution in [0.5, 0.6) is 0 Å². The van der Waals surface area contributed by atoms with E-state index in [0.717, 1.165) is 0 Å². The van der Waals surface area contributed by atoms with E-state index in [0.29, 0.717) is 22.5 Å². The van der Waals surface area contributed by atoms with Crippen LogP contribution in [-0.4, -0.2) is 16.7 Å². The van der Waals surface area contributed by atoms with Gasteiger partial charge in [0.1, 0.15) is 0 Å². The van der Waals surface area contributed by atoms with Gasteiger partial charge in [0.05, 0.1) is 0 Å². The van der Waals surface area contributed by atoms with Gasteiger partial charge in [0.2, 0.25) is 0 Å². The Bertz CT molecular complexity index is 499. The molecule has 1 radical (unpaired) electrons. The first-order valence-electron chi connectivity index (χ1n) is 4.85. The number of hydrogen-bond donors (Lipinski definition) is 0. The van der Waals surface area contributed by atoms with E-state index < -0.39 is 0 Å². The van der Waals surface area contributed by atoms with Crippen molar-refractivity contribution in [2.45, 2.75) is 0 Å². The zero-order valence-electron chi connectivity index (χ0n) is 10.1. The fourth-order valence-electron chi connectivity index (χ4n) is 1.49. The summed E-state index contributed by atoms with van der Waals surface area (Å²) in [5, 5.41) is 0. The van der Waals surface area contributed by atoms with Crippen LogP contribution < -0.4 is 0 Å². The summed E-state index contributed by atoms with van der Waals surface area (Å²) in [6, 6.07) is 13.0. The quantitative estimate of drug-likeness (QED) is 0.724. The van der Waals surface area contributed by atoms with Crippen molar-refractivity contribution in [3.8, 4) is 0 Å². The molecule has 0 heterocycles. The Hall–Kier alpha value is -1.18. The summed E-state index contributed by atoms with van der Waals surface area (Å²) in [6.45, 7) is 0. The summed E-state index contributed by atoms with van der Waals surface area (Å²) in [7, 11) is 0. The van der Waals surface area contributed by atoms with Gasteiger partial charge in [-0.1, -0.05) is 48.5 Å². The number of benzene rings is 2. The fraction of sp³-hybridized carbons (Fsp3) is 0. The Morgan fingerprint density at radius 2 is 1.16 bits per heavy atom. The zero-order valence-corrected chi connectivity index (χ0v) is 13.7. The third-order valence-electron chi connectivity index (χ3n) is 2.25. The second kappa shape index (κ2) is 8.85. The summed E-state index contributed by atoms with van der Waals surface area (Å²) in [5.74, 6) is -0.150. The van der Waals surface area contributed by atoms with E-state index in [-0.39, 0.29) is 52.3 Å². The van der Waals surface area contributed by atoms with Gasteiger partial charge in [-0.2, -0.15) is 0 Å². The van der Waals surface area contributed by atoms with Crippen molar-refractivity contribution in [1.29, 1.82) is 0 Å². The molecule has 0 unspecified atom stereocenters. The van der Waals surface area contributed by atoms with Crippen LogP contribution in [-0.2, 0) is 0 Å². The molecule has 19 heavy (non-hydrogen) atoms. The van der Waals surface area contributed by atoms with E-state index in [9.17, 15) is 4.79 Å². The van der Waals surface area contributed by atoms with Gasteiger partial charge in [-0.25, -0.2) is 0 Å². The second-order valence-corrected chi connectivity index (χ2v) is 3.49. The van der Waals surface area contributed by atoms with Crippen LogP contribution in [0.2, 0.25) is 0 Å². The minimum atomic E-state index is -0.150. The van der Waals surface area contributed by atoms with Gasteiger partial charge in [-0.15, -0.1) is 11.4 Å². The first kappa shape index (κ1) is 20.1. The number of carbonyl (C=O) groups is 1. The molecule has 2 rings (SSSR count). The molecule has 0 aromatic heterocycles. The van der Waals surface area contributed by atoms with Crippen molar-refractivity contribution in [2.24, 2.45) is 0 Å². The fourth-order valence-corrected chi connectivity index (χ4v) is 1.49. The molecule has 0 amide bonds. The molecule has 6 N–H and O–H groups in total. The third kappa shape index (κ3) is 5.14. The number of nitrogens with one attached hydrogen (secondary N) is 2. The topological polar surface area (TPSA) is 128 Å². The van der Waals surface area contributed by atoms with Gasteiger partial charge >= 0.3 is 0 Å². The van der Waals surface area contributed by atoms with Crippen molar-refractivity contribution in [1.82, 2.24) is 0 Å². The largest absolute Gasteiger partial charge is 0.699 e. The summed E-state index contributed by atoms with van der Waals surface area (Å²) in [6.07, 6.45) is 0. The molecule has 0 fully saturated rings. The van der Waals surface area contributed by atoms with E-state index in [1.54, 1.807) is 36.4 Å². The van der Waals surface area contributed by atoms with Crippen molar-refractivity contribution >= 4 is 17.2 Å². The Labute approximate surface area is 139 Å². The zero-order chi connectivity index (χ0) is 11.5. The summed E-state index contributed by atoms with van der Waals surface area (Å²) in [4.78, 5) is 12.0. The average Bonchev–Trinajstić information content (AvgIpc) is 2.28. The maximum absolute atomic E-state index is 12.0. The molecule has 0 spiro atoms. The molecular formula is C13H14LaN2O3-2. The van der Waals surface area contributed by atoms with E-state index in [1.165, 1.54) is 12.1 Å². The van der Waals surface area contributed by atoms with Gasteiger partial charge in [-0.3, -0.25) is 4.79 Å². The third-order valence-corrected chi connectivity index (χ3v) is 2.25. The maximum atomic E-state index is 12.0. The monoisotopic (exact) mass is 385 g/mol. The maximum Gasteiger partial charge on any atom is 0.192 e. The van der Waals surface area contributed by atoms with Crippen molar-refractivity contribution in [3.05, 3.63) is 71.1 Å². The van der Waals surface area contributed by atoms with Crippen LogP contribution in [0.3, 0.4) is 0 Å². The van der Waals surface area contributed by atoms with Gasteiger partial charge in [0.25, 0.3) is 0 Å². The molecule has 0 saturated carbocycles. The molecule has 0 aliphatic heterocycles. The predicted molar refractivity (Wildman–Crippen MR) is 71.5 cm³/mol. The van der Waals surface area contributed by atoms with Gasteiger partial charge in [-0.05, 0) is 0 Å². The molecule has 6 heteroatoms. The van der Waals surface area contributed by atoms with E-state index in [2.05, 4.69) is 0 Å². The molecule has 0 saturated heterocycles. The van der Waals surface area contributed by atoms with E-state index in [1.807, 2.05) is 0 Å². The second-order valence-electron chi connectivity index (χ2n) is 3.49. The summed E-state index contributed by atoms with van der Waals surface area (Å²) < 4.78 is 0. The number of carbonyl (C=O) groups excluding carboxylic acids is 1. The molecule has 0 aliphatic rings. The van der Waals surface area contributed by atoms with Crippen molar-refractivity contribution in [2.75, 3.05) is 0 Å². The molecule has 5 nitrogen and oxygen atoms in total. The molecule has 0 bridgehead atoms. The first-order chi connectivity index (χ1) is 7.66. The van der Waals surface area contributed by atoms with Crippen LogP contribution in [0.15, 0.2) is 48.5 Å². The molecule has 0 aliphatic carbocycles. The summed E-state index contributed by atoms with van der Waals surface area (Å²) >= 11 is 0. The van der Waals surface area contributed by atoms with Crippen LogP contribution in [0, 0.1) is 35.6 Å². The Morgan fingerprint density at radius 3 is 1.47 bits per heavy atom. The molecule has 0 atom stereocenters. The molecule has 99 valence electrons. The first-order valence-corrected chi connectivity index (χ1v) is 4.85. The molecule has 2 aromatic carbocycles. The standard InChI is InChI=1S/C13H10N2O.La.2H2O/c14-11-5-1-3-9(7-11)13(16)10-4-2-6-12(15)8-10;;;/h1-8,14-15H;;2*1H2/q-2;;;. The number of ketones is 1. The van der Waals surface area contributed by atoms with Crippen molar-refractivity contribution < 1.29 is 51.3 Å². The number of rotatable bonds is 2. The van der Waals surface area contributed by atoms with Crippen molar-refractivity contribution in [3.63, 3.8) is 0 Å². The SMILES string of the molecule is O.O.[La].[NH-]c1cccc(C(=O)c2cccc([NH-])c2)c1. The van der Waals surface area contributed by atoms with Gasteiger partial charge < -0.3 is 22.4 Å². The van der Waals surface area contributed by atoms with Crippen LogP contribution in [0.1, 0.15) is 15.9 Å². The van der Waals surface area contributed by atoms with E-state index in [4.69, 9.17) is 11.5 Å². The van der Waals surface area contributed by atoms with Crippen LogP contribution in [0.4, 0.5) is 11.4 Å². The van der Waals surface area contributed by atoms with Crippen LogP contribution in [0.25, 0.3) is 11.5 Å². The van der Waals surface area contributed by atoms with Crippen LogP contribution >= 0.6 is 0 Å². The minimum Gasteiger partial charge on any atom is -0.699 e. The molecular weight excluding hydrogens is 371 g/mol. The smallest absolute Gasteiger partial charge is 0.192 e. The van der Waals surface area contributed by atoms with Gasteiger partial charge in [0.15, 0.2) is 5.78 Å². The Balaban J connectivity index is 0. The Kier molecular flexibility index (Phi) is 9.38. The molecule has 2 aromatic rings.